The van der Waals surface area contributed by atoms with Crippen LogP contribution in [0.15, 0.2) is 73.8 Å². The number of fused-ring (bicyclic) bond motifs is 1. The summed E-state index contributed by atoms with van der Waals surface area (Å²) < 4.78 is 12.9. The van der Waals surface area contributed by atoms with Crippen LogP contribution in [0, 0.1) is 25.7 Å². The second-order valence-corrected chi connectivity index (χ2v) is 13.4. The van der Waals surface area contributed by atoms with Crippen LogP contribution in [-0.4, -0.2) is 77.2 Å². The first-order chi connectivity index (χ1) is 23.6. The molecule has 49 heavy (non-hydrogen) atoms. The molecule has 0 radical (unpaired) electrons. The monoisotopic (exact) mass is 671 g/mol. The zero-order valence-corrected chi connectivity index (χ0v) is 28.8. The molecule has 5 rings (SSSR count). The van der Waals surface area contributed by atoms with E-state index in [1.54, 1.807) is 28.9 Å². The van der Waals surface area contributed by atoms with E-state index < -0.39 is 47.7 Å². The van der Waals surface area contributed by atoms with E-state index in [1.807, 2.05) is 62.4 Å². The zero-order chi connectivity index (χ0) is 35.3. The number of nitrogens with one attached hydrogen (secondary N) is 1. The summed E-state index contributed by atoms with van der Waals surface area (Å²) in [5.74, 6) is -3.23. The number of aliphatic hydroxyl groups is 1. The van der Waals surface area contributed by atoms with Crippen LogP contribution in [0.3, 0.4) is 0 Å². The summed E-state index contributed by atoms with van der Waals surface area (Å²) in [6.07, 6.45) is 4.57. The number of aryl methyl sites for hydroxylation is 2. The van der Waals surface area contributed by atoms with Gasteiger partial charge in [-0.3, -0.25) is 19.2 Å². The van der Waals surface area contributed by atoms with Crippen molar-refractivity contribution >= 4 is 29.4 Å². The van der Waals surface area contributed by atoms with E-state index in [-0.39, 0.29) is 43.8 Å². The van der Waals surface area contributed by atoms with Gasteiger partial charge in [-0.05, 0) is 69.6 Å². The van der Waals surface area contributed by atoms with Crippen LogP contribution in [0.1, 0.15) is 68.2 Å². The summed E-state index contributed by atoms with van der Waals surface area (Å²) in [5.41, 5.74) is 2.07. The third kappa shape index (κ3) is 6.94. The van der Waals surface area contributed by atoms with Crippen LogP contribution in [0.5, 0.6) is 0 Å². The molecule has 3 saturated heterocycles. The summed E-state index contributed by atoms with van der Waals surface area (Å²) in [5, 5.41) is 12.5. The maximum Gasteiger partial charge on any atom is 0.313 e. The van der Waals surface area contributed by atoms with Crippen molar-refractivity contribution in [1.29, 1.82) is 0 Å². The Morgan fingerprint density at radius 3 is 2.47 bits per heavy atom. The Morgan fingerprint density at radius 1 is 1.10 bits per heavy atom. The standard InChI is InChI=1S/C39H49N3O7/c1-6-8-19-30(44)40-27(5)34(28-17-10-9-11-18-28)48-38(47)31-29-20-21-39(49-29)32(31)36(45)42(23-12-13-24-43)35(39)37(46)41(22-7-2)33-25(3)15-14-16-26(33)4/h6-7,9-11,14-18,27,29,31-32,34-35,43H,1-2,8,12-13,19-24H2,3-5H3,(H,40,44)/t27-,29+,31-,32-,34-,35+,39-/m1/s1. The highest BCUT2D eigenvalue weighted by atomic mass is 16.6. The molecule has 1 spiro atoms. The molecular formula is C39H49N3O7. The molecule has 0 aromatic heterocycles. The number of benzene rings is 2. The van der Waals surface area contributed by atoms with E-state index in [1.165, 1.54) is 0 Å². The van der Waals surface area contributed by atoms with Gasteiger partial charge in [0.05, 0.1) is 24.0 Å². The van der Waals surface area contributed by atoms with Gasteiger partial charge >= 0.3 is 5.97 Å². The Bertz CT molecular complexity index is 1540. The quantitative estimate of drug-likeness (QED) is 0.150. The fraction of sp³-hybridized carbons (Fsp3) is 0.487. The number of ether oxygens (including phenoxy) is 2. The van der Waals surface area contributed by atoms with Gasteiger partial charge in [0, 0.05) is 31.8 Å². The lowest BCUT2D eigenvalue weighted by atomic mass is 9.70. The third-order valence-electron chi connectivity index (χ3n) is 10.2. The first-order valence-electron chi connectivity index (χ1n) is 17.3. The molecule has 0 unspecified atom stereocenters. The van der Waals surface area contributed by atoms with Gasteiger partial charge in [-0.1, -0.05) is 60.7 Å². The van der Waals surface area contributed by atoms with Crippen LogP contribution in [0.2, 0.25) is 0 Å². The summed E-state index contributed by atoms with van der Waals surface area (Å²) in [4.78, 5) is 59.6. The number of aliphatic hydroxyl groups excluding tert-OH is 1. The Balaban J connectivity index is 1.49. The van der Waals surface area contributed by atoms with Crippen LogP contribution in [0.25, 0.3) is 0 Å². The first-order valence-corrected chi connectivity index (χ1v) is 17.3. The summed E-state index contributed by atoms with van der Waals surface area (Å²) >= 11 is 0. The van der Waals surface area contributed by atoms with Gasteiger partial charge < -0.3 is 29.7 Å². The molecule has 262 valence electrons. The van der Waals surface area contributed by atoms with Gasteiger partial charge in [0.15, 0.2) is 0 Å². The van der Waals surface area contributed by atoms with Gasteiger partial charge in [-0.2, -0.15) is 0 Å². The Kier molecular flexibility index (Phi) is 11.4. The zero-order valence-electron chi connectivity index (χ0n) is 28.8. The van der Waals surface area contributed by atoms with Crippen molar-refractivity contribution in [2.24, 2.45) is 11.8 Å². The van der Waals surface area contributed by atoms with Crippen LogP contribution < -0.4 is 10.2 Å². The van der Waals surface area contributed by atoms with Crippen LogP contribution in [-0.2, 0) is 28.7 Å². The Labute approximate surface area is 289 Å². The average molecular weight is 672 g/mol. The maximum atomic E-state index is 14.9. The maximum absolute atomic E-state index is 14.9. The number of hydrogen-bond acceptors (Lipinski definition) is 7. The van der Waals surface area contributed by atoms with Gasteiger partial charge in [0.25, 0.3) is 5.91 Å². The lowest BCUT2D eigenvalue weighted by Crippen LogP contribution is -2.56. The number of para-hydroxylation sites is 1. The molecule has 0 saturated carbocycles. The largest absolute Gasteiger partial charge is 0.455 e. The van der Waals surface area contributed by atoms with Crippen molar-refractivity contribution in [3.63, 3.8) is 0 Å². The highest BCUT2D eigenvalue weighted by Crippen LogP contribution is 2.59. The Hall–Kier alpha value is -4.28. The van der Waals surface area contributed by atoms with Gasteiger partial charge in [-0.15, -0.1) is 13.2 Å². The highest BCUT2D eigenvalue weighted by molar-refractivity contribution is 6.05. The molecule has 3 aliphatic rings. The molecule has 2 bridgehead atoms. The highest BCUT2D eigenvalue weighted by Gasteiger charge is 2.75. The number of amides is 3. The number of carbonyl (C=O) groups excluding carboxylic acids is 4. The third-order valence-corrected chi connectivity index (χ3v) is 10.2. The smallest absolute Gasteiger partial charge is 0.313 e. The average Bonchev–Trinajstić information content (AvgIpc) is 3.73. The predicted octanol–water partition coefficient (Wildman–Crippen LogP) is 4.72. The fourth-order valence-corrected chi connectivity index (χ4v) is 8.07. The number of nitrogens with zero attached hydrogens (tertiary/aromatic N) is 2. The molecule has 0 aliphatic carbocycles. The van der Waals surface area contributed by atoms with E-state index >= 15 is 0 Å². The van der Waals surface area contributed by atoms with Crippen LogP contribution >= 0.6 is 0 Å². The molecule has 2 aromatic carbocycles. The van der Waals surface area contributed by atoms with Gasteiger partial charge in [-0.25, -0.2) is 0 Å². The molecule has 3 amide bonds. The number of rotatable bonds is 16. The van der Waals surface area contributed by atoms with Crippen molar-refractivity contribution in [3.8, 4) is 0 Å². The molecule has 3 heterocycles. The minimum Gasteiger partial charge on any atom is -0.455 e. The number of allylic oxidation sites excluding steroid dienone is 1. The molecule has 2 N–H and O–H groups in total. The minimum absolute atomic E-state index is 0.0447. The van der Waals surface area contributed by atoms with Crippen molar-refractivity contribution in [2.45, 2.75) is 89.2 Å². The molecular weight excluding hydrogens is 622 g/mol. The number of esters is 1. The summed E-state index contributed by atoms with van der Waals surface area (Å²) in [6.45, 7) is 13.7. The fourth-order valence-electron chi connectivity index (χ4n) is 8.07. The number of unbranched alkanes of at least 4 members (excludes halogenated alkanes) is 1. The first kappa shape index (κ1) is 36.0. The second-order valence-electron chi connectivity index (χ2n) is 13.4. The SMILES string of the molecule is C=CCCC(=O)N[C@H](C)[C@@H](OC(=O)[C@@H]1[C@@H]2CC[C@]3(O2)[C@H](C(=O)N(CC=C)c2c(C)cccc2C)N(CCCCO)C(=O)[C@@H]13)c1ccccc1. The van der Waals surface area contributed by atoms with Crippen molar-refractivity contribution < 1.29 is 33.8 Å². The van der Waals surface area contributed by atoms with E-state index in [0.717, 1.165) is 16.8 Å². The lowest BCUT2D eigenvalue weighted by Gasteiger charge is -2.37. The molecule has 7 atom stereocenters. The van der Waals surface area contributed by atoms with Crippen molar-refractivity contribution in [2.75, 3.05) is 24.6 Å². The number of anilines is 1. The normalized spacial score (nSPS) is 25.0. The molecule has 2 aromatic rings. The summed E-state index contributed by atoms with van der Waals surface area (Å²) in [7, 11) is 0. The molecule has 10 nitrogen and oxygen atoms in total. The Morgan fingerprint density at radius 2 is 1.82 bits per heavy atom. The number of carbonyl (C=O) groups is 4. The predicted molar refractivity (Wildman–Crippen MR) is 186 cm³/mol. The summed E-state index contributed by atoms with van der Waals surface area (Å²) in [6, 6.07) is 13.5. The van der Waals surface area contributed by atoms with Gasteiger partial charge in [0.2, 0.25) is 11.8 Å². The van der Waals surface area contributed by atoms with Crippen molar-refractivity contribution in [3.05, 3.63) is 90.5 Å². The molecule has 10 heteroatoms. The molecule has 3 fully saturated rings. The van der Waals surface area contributed by atoms with Gasteiger partial charge in [0.1, 0.15) is 17.7 Å². The van der Waals surface area contributed by atoms with E-state index in [4.69, 9.17) is 9.47 Å². The minimum atomic E-state index is -1.22. The van der Waals surface area contributed by atoms with E-state index in [0.29, 0.717) is 37.7 Å². The van der Waals surface area contributed by atoms with E-state index in [2.05, 4.69) is 18.5 Å². The van der Waals surface area contributed by atoms with Crippen molar-refractivity contribution in [1.82, 2.24) is 10.2 Å². The molecule has 3 aliphatic heterocycles. The second kappa shape index (κ2) is 15.5. The van der Waals surface area contributed by atoms with E-state index in [9.17, 15) is 24.3 Å². The number of hydrogen-bond donors (Lipinski definition) is 2. The lowest BCUT2D eigenvalue weighted by molar-refractivity contribution is -0.162. The number of likely N-dealkylation sites (tertiary alicyclic amines) is 1. The van der Waals surface area contributed by atoms with Crippen LogP contribution in [0.4, 0.5) is 5.69 Å². The topological polar surface area (TPSA) is 125 Å².